The molecule has 6 heteroatoms. The van der Waals surface area contributed by atoms with Crippen molar-refractivity contribution in [2.75, 3.05) is 7.11 Å². The third-order valence-corrected chi connectivity index (χ3v) is 3.01. The van der Waals surface area contributed by atoms with Crippen molar-refractivity contribution in [1.82, 2.24) is 15.5 Å². The van der Waals surface area contributed by atoms with Gasteiger partial charge >= 0.3 is 5.97 Å². The molecule has 0 saturated carbocycles. The van der Waals surface area contributed by atoms with Gasteiger partial charge in [-0.3, -0.25) is 5.32 Å². The van der Waals surface area contributed by atoms with Crippen LogP contribution in [0, 0.1) is 0 Å². The van der Waals surface area contributed by atoms with Crippen molar-refractivity contribution in [1.29, 1.82) is 0 Å². The minimum absolute atomic E-state index is 0.178. The third-order valence-electron chi connectivity index (χ3n) is 3.01. The number of carbonyl (C=O) groups excluding carboxylic acids is 1. The first kappa shape index (κ1) is 15.2. The van der Waals surface area contributed by atoms with E-state index in [1.54, 1.807) is 0 Å². The third kappa shape index (κ3) is 3.88. The van der Waals surface area contributed by atoms with Gasteiger partial charge in [-0.15, -0.1) is 0 Å². The maximum atomic E-state index is 11.9. The molecule has 0 bridgehead atoms. The van der Waals surface area contributed by atoms with Gasteiger partial charge in [-0.2, -0.15) is 4.98 Å². The normalized spacial score (nSPS) is 12.4. The molecular formula is C15H19N3O3. The first-order valence-electron chi connectivity index (χ1n) is 6.80. The van der Waals surface area contributed by atoms with Crippen molar-refractivity contribution in [3.8, 4) is 0 Å². The summed E-state index contributed by atoms with van der Waals surface area (Å²) in [6, 6.07) is 8.81. The largest absolute Gasteiger partial charge is 0.468 e. The van der Waals surface area contributed by atoms with Crippen LogP contribution in [0.1, 0.15) is 43.1 Å². The molecule has 2 rings (SSSR count). The van der Waals surface area contributed by atoms with E-state index in [-0.39, 0.29) is 11.9 Å². The first-order chi connectivity index (χ1) is 10.1. The topological polar surface area (TPSA) is 77.2 Å². The molecule has 0 amide bonds. The number of hydrogen-bond donors (Lipinski definition) is 1. The number of esters is 1. The highest BCUT2D eigenvalue weighted by atomic mass is 16.5. The minimum atomic E-state index is -0.558. The molecule has 1 atom stereocenters. The summed E-state index contributed by atoms with van der Waals surface area (Å²) in [5.41, 5.74) is 0.830. The summed E-state index contributed by atoms with van der Waals surface area (Å²) in [5, 5.41) is 6.98. The smallest absolute Gasteiger partial charge is 0.327 e. The summed E-state index contributed by atoms with van der Waals surface area (Å²) in [5.74, 6) is 0.926. The number of rotatable bonds is 6. The predicted molar refractivity (Wildman–Crippen MR) is 76.4 cm³/mol. The molecular weight excluding hydrogens is 270 g/mol. The van der Waals surface area contributed by atoms with Gasteiger partial charge in [0.1, 0.15) is 6.04 Å². The van der Waals surface area contributed by atoms with Gasteiger partial charge in [-0.25, -0.2) is 4.79 Å². The average Bonchev–Trinajstić information content (AvgIpc) is 2.97. The SMILES string of the molecule is COC(=O)C(NCc1noc(C(C)C)n1)c1ccccc1. The van der Waals surface area contributed by atoms with Crippen LogP contribution in [0.25, 0.3) is 0 Å². The standard InChI is InChI=1S/C15H19N3O3/c1-10(2)14-17-12(18-21-14)9-16-13(15(19)20-3)11-7-5-4-6-8-11/h4-8,10,13,16H,9H2,1-3H3. The van der Waals surface area contributed by atoms with Crippen LogP contribution in [-0.4, -0.2) is 23.2 Å². The first-order valence-corrected chi connectivity index (χ1v) is 6.80. The number of ether oxygens (including phenoxy) is 1. The molecule has 1 unspecified atom stereocenters. The minimum Gasteiger partial charge on any atom is -0.468 e. The van der Waals surface area contributed by atoms with Gasteiger partial charge < -0.3 is 9.26 Å². The Bertz CT molecular complexity index is 581. The highest BCUT2D eigenvalue weighted by Gasteiger charge is 2.21. The summed E-state index contributed by atoms with van der Waals surface area (Å²) < 4.78 is 9.97. The van der Waals surface area contributed by atoms with Gasteiger partial charge in [-0.05, 0) is 5.56 Å². The van der Waals surface area contributed by atoms with E-state index in [0.717, 1.165) is 5.56 Å². The Hall–Kier alpha value is -2.21. The lowest BCUT2D eigenvalue weighted by Gasteiger charge is -2.15. The Labute approximate surface area is 123 Å². The monoisotopic (exact) mass is 289 g/mol. The molecule has 0 aliphatic heterocycles. The van der Waals surface area contributed by atoms with Gasteiger partial charge in [0.2, 0.25) is 5.89 Å². The Morgan fingerprint density at radius 3 is 2.62 bits per heavy atom. The van der Waals surface area contributed by atoms with Crippen LogP contribution in [0.4, 0.5) is 0 Å². The van der Waals surface area contributed by atoms with Crippen LogP contribution in [0.5, 0.6) is 0 Å². The Kier molecular flexibility index (Phi) is 5.05. The molecule has 0 spiro atoms. The molecule has 6 nitrogen and oxygen atoms in total. The quantitative estimate of drug-likeness (QED) is 0.821. The molecule has 21 heavy (non-hydrogen) atoms. The second-order valence-corrected chi connectivity index (χ2v) is 4.95. The van der Waals surface area contributed by atoms with Crippen molar-refractivity contribution >= 4 is 5.97 Å². The van der Waals surface area contributed by atoms with E-state index in [1.807, 2.05) is 44.2 Å². The lowest BCUT2D eigenvalue weighted by molar-refractivity contribution is -0.143. The van der Waals surface area contributed by atoms with E-state index in [2.05, 4.69) is 15.5 Å². The van der Waals surface area contributed by atoms with Crippen molar-refractivity contribution in [3.05, 3.63) is 47.6 Å². The number of benzene rings is 1. The van der Waals surface area contributed by atoms with Crippen LogP contribution in [0.3, 0.4) is 0 Å². The molecule has 1 N–H and O–H groups in total. The Balaban J connectivity index is 2.07. The molecule has 1 heterocycles. The van der Waals surface area contributed by atoms with Gasteiger partial charge in [0.15, 0.2) is 5.82 Å². The Morgan fingerprint density at radius 1 is 1.33 bits per heavy atom. The number of methoxy groups -OCH3 is 1. The molecule has 2 aromatic rings. The zero-order valence-electron chi connectivity index (χ0n) is 12.4. The second kappa shape index (κ2) is 6.99. The van der Waals surface area contributed by atoms with Crippen LogP contribution in [0.2, 0.25) is 0 Å². The van der Waals surface area contributed by atoms with Gasteiger partial charge in [0.05, 0.1) is 13.7 Å². The maximum Gasteiger partial charge on any atom is 0.327 e. The van der Waals surface area contributed by atoms with Gasteiger partial charge in [-0.1, -0.05) is 49.3 Å². The van der Waals surface area contributed by atoms with Crippen LogP contribution in [-0.2, 0) is 16.1 Å². The number of nitrogens with one attached hydrogen (secondary N) is 1. The van der Waals surface area contributed by atoms with Crippen molar-refractivity contribution in [3.63, 3.8) is 0 Å². The number of nitrogens with zero attached hydrogens (tertiary/aromatic N) is 2. The number of hydrogen-bond acceptors (Lipinski definition) is 6. The maximum absolute atomic E-state index is 11.9. The average molecular weight is 289 g/mol. The molecule has 0 aliphatic carbocycles. The van der Waals surface area contributed by atoms with Crippen LogP contribution >= 0.6 is 0 Å². The predicted octanol–water partition coefficient (Wildman–Crippen LogP) is 2.20. The van der Waals surface area contributed by atoms with E-state index in [4.69, 9.17) is 9.26 Å². The van der Waals surface area contributed by atoms with E-state index in [9.17, 15) is 4.79 Å². The van der Waals surface area contributed by atoms with E-state index in [1.165, 1.54) is 7.11 Å². The summed E-state index contributed by atoms with van der Waals surface area (Å²) in [7, 11) is 1.37. The van der Waals surface area contributed by atoms with E-state index < -0.39 is 6.04 Å². The number of carbonyl (C=O) groups is 1. The summed E-state index contributed by atoms with van der Waals surface area (Å²) in [6.45, 7) is 4.28. The molecule has 0 fully saturated rings. The van der Waals surface area contributed by atoms with Crippen molar-refractivity contribution in [2.24, 2.45) is 0 Å². The summed E-state index contributed by atoms with van der Waals surface area (Å²) >= 11 is 0. The molecule has 0 aliphatic rings. The second-order valence-electron chi connectivity index (χ2n) is 4.95. The Morgan fingerprint density at radius 2 is 2.05 bits per heavy atom. The van der Waals surface area contributed by atoms with E-state index >= 15 is 0 Å². The fourth-order valence-electron chi connectivity index (χ4n) is 1.87. The van der Waals surface area contributed by atoms with Gasteiger partial charge in [0, 0.05) is 5.92 Å². The lowest BCUT2D eigenvalue weighted by Crippen LogP contribution is -2.29. The zero-order chi connectivity index (χ0) is 15.2. The molecule has 1 aromatic carbocycles. The highest BCUT2D eigenvalue weighted by molar-refractivity contribution is 5.77. The number of aromatic nitrogens is 2. The van der Waals surface area contributed by atoms with E-state index in [0.29, 0.717) is 18.3 Å². The molecule has 1 aromatic heterocycles. The highest BCUT2D eigenvalue weighted by Crippen LogP contribution is 2.15. The van der Waals surface area contributed by atoms with Crippen molar-refractivity contribution < 1.29 is 14.1 Å². The lowest BCUT2D eigenvalue weighted by atomic mass is 10.1. The molecule has 0 radical (unpaired) electrons. The van der Waals surface area contributed by atoms with Crippen LogP contribution in [0.15, 0.2) is 34.9 Å². The van der Waals surface area contributed by atoms with Gasteiger partial charge in [0.25, 0.3) is 0 Å². The summed E-state index contributed by atoms with van der Waals surface area (Å²) in [4.78, 5) is 16.2. The van der Waals surface area contributed by atoms with Crippen LogP contribution < -0.4 is 5.32 Å². The summed E-state index contributed by atoms with van der Waals surface area (Å²) in [6.07, 6.45) is 0. The fraction of sp³-hybridized carbons (Fsp3) is 0.400. The molecule has 0 saturated heterocycles. The zero-order valence-corrected chi connectivity index (χ0v) is 12.4. The van der Waals surface area contributed by atoms with Crippen molar-refractivity contribution in [2.45, 2.75) is 32.4 Å². The molecule has 112 valence electrons. The fourth-order valence-corrected chi connectivity index (χ4v) is 1.87.